The minimum Gasteiger partial charge on any atom is -0.310 e. The van der Waals surface area contributed by atoms with Crippen LogP contribution < -0.4 is 26.2 Å². The Kier molecular flexibility index (Phi) is 17.3. The van der Waals surface area contributed by atoms with E-state index in [0.29, 0.717) is 28.3 Å². The fourth-order valence-corrected chi connectivity index (χ4v) is 19.9. The molecule has 2 aromatic heterocycles. The van der Waals surface area contributed by atoms with E-state index in [4.69, 9.17) is 1.37 Å². The van der Waals surface area contributed by atoms with Crippen molar-refractivity contribution in [2.75, 3.05) is 9.80 Å². The molecule has 2 aliphatic rings. The van der Waals surface area contributed by atoms with Crippen LogP contribution in [0.3, 0.4) is 0 Å². The van der Waals surface area contributed by atoms with Gasteiger partial charge in [-0.1, -0.05) is 389 Å². The average Bonchev–Trinajstić information content (AvgIpc) is 0.895. The zero-order chi connectivity index (χ0) is 104. The molecule has 0 aliphatic carbocycles. The molecular formula is C124H135BN4. The first kappa shape index (κ1) is 73.2. The molecule has 0 bridgehead atoms. The monoisotopic (exact) mass is 1700 g/mol. The molecule has 0 saturated carbocycles. The molecule has 14 aromatic carbocycles. The molecule has 18 rings (SSSR count). The maximum absolute atomic E-state index is 10.6. The smallest absolute Gasteiger partial charge is 0.252 e. The van der Waals surface area contributed by atoms with Crippen LogP contribution in [0.4, 0.5) is 34.1 Å². The van der Waals surface area contributed by atoms with Crippen molar-refractivity contribution in [1.29, 1.82) is 0 Å². The number of nitrogens with zero attached hydrogens (tertiary/aromatic N) is 4. The van der Waals surface area contributed by atoms with Crippen molar-refractivity contribution in [1.82, 2.24) is 9.13 Å². The molecule has 0 saturated heterocycles. The van der Waals surface area contributed by atoms with Gasteiger partial charge in [0.15, 0.2) is 0 Å². The lowest BCUT2D eigenvalue weighted by molar-refractivity contribution is 0.569. The van der Waals surface area contributed by atoms with Gasteiger partial charge in [0, 0.05) is 72.2 Å². The molecule has 0 radical (unpaired) electrons. The van der Waals surface area contributed by atoms with E-state index < -0.39 is 100 Å². The Labute approximate surface area is 790 Å². The molecule has 654 valence electrons. The first-order valence-electron chi connectivity index (χ1n) is 52.8. The average molecular weight is 1710 g/mol. The Bertz CT molecular complexity index is 7850. The highest BCUT2D eigenvalue weighted by Crippen LogP contribution is 2.59. The van der Waals surface area contributed by atoms with E-state index in [-0.39, 0.29) is 72.2 Å². The molecule has 16 aromatic rings. The second kappa shape index (κ2) is 30.5. The molecule has 2 aliphatic heterocycles. The summed E-state index contributed by atoms with van der Waals surface area (Å²) in [5.41, 5.74) is 24.2. The van der Waals surface area contributed by atoms with E-state index in [1.807, 2.05) is 12.1 Å². The summed E-state index contributed by atoms with van der Waals surface area (Å²) in [7, 11) is 0. The van der Waals surface area contributed by atoms with Crippen LogP contribution >= 0.6 is 0 Å². The predicted octanol–water partition coefficient (Wildman–Crippen LogP) is 33.3. The first-order chi connectivity index (χ1) is 65.7. The Morgan fingerprint density at radius 2 is 0.597 bits per heavy atom. The molecule has 5 heteroatoms. The number of anilines is 6. The summed E-state index contributed by atoms with van der Waals surface area (Å²) in [4.78, 5) is 4.86. The lowest BCUT2D eigenvalue weighted by Crippen LogP contribution is -2.61. The number of benzene rings is 14. The van der Waals surface area contributed by atoms with E-state index in [2.05, 4.69) is 404 Å². The van der Waals surface area contributed by atoms with Gasteiger partial charge in [-0.2, -0.15) is 0 Å². The van der Waals surface area contributed by atoms with Crippen molar-refractivity contribution in [2.45, 2.75) is 262 Å². The standard InChI is InChI=1S/C124H135BN4/c1-115(2,3)79-51-48-77(49-52-79)92-68-84(120(16,17)18)71-98(93-65-80(116(4,5)6)54-59-100(93)123(25,26)27)113(92)129-109-73-86(126-106-62-55-81(117(7,8)9)66-94(106)95-67-82(118(10,11)12)56-63-107(95)126)57-61-103(109)125-102-60-50-78(76-40-32-31-33-41-76)64-108(102)128(110-74-87(75-111(129)112(110)125)127-104-46-38-35-43-90(104)91-44-36-39-47-105(91)127)114-96(88-42-34-37-45-99(88)122(22,23)24)69-85(121(19,20)21)70-97(114)89-58-53-83(119(13,14)15)72-101(89)124(28,29)30/h31-75H,1-30H3/i31D,32D,33D,35D,36D,38D,39D,40D,41D,43D,44D,46D,47D. The van der Waals surface area contributed by atoms with Crippen LogP contribution in [0.2, 0.25) is 0 Å². The fourth-order valence-electron chi connectivity index (χ4n) is 19.9. The lowest BCUT2D eigenvalue weighted by Gasteiger charge is -2.46. The van der Waals surface area contributed by atoms with Crippen LogP contribution in [-0.2, 0) is 54.1 Å². The number of para-hydroxylation sites is 2. The molecule has 4 nitrogen and oxygen atoms in total. The van der Waals surface area contributed by atoms with E-state index in [1.54, 1.807) is 4.57 Å². The summed E-state index contributed by atoms with van der Waals surface area (Å²) < 4.78 is 133. The fraction of sp³-hybridized carbons (Fsp3) is 0.323. The van der Waals surface area contributed by atoms with Crippen LogP contribution in [-0.4, -0.2) is 15.8 Å². The minimum absolute atomic E-state index is 0.00772. The highest BCUT2D eigenvalue weighted by atomic mass is 15.2. The van der Waals surface area contributed by atoms with E-state index in [9.17, 15) is 16.4 Å². The topological polar surface area (TPSA) is 16.3 Å². The Morgan fingerprint density at radius 1 is 0.225 bits per heavy atom. The Morgan fingerprint density at radius 3 is 1.10 bits per heavy atom. The van der Waals surface area contributed by atoms with E-state index in [0.717, 1.165) is 144 Å². The predicted molar refractivity (Wildman–Crippen MR) is 563 cm³/mol. The van der Waals surface area contributed by atoms with Gasteiger partial charge in [0.05, 0.1) is 56.9 Å². The van der Waals surface area contributed by atoms with Crippen LogP contribution in [0, 0.1) is 0 Å². The van der Waals surface area contributed by atoms with Crippen molar-refractivity contribution in [3.63, 3.8) is 0 Å². The normalized spacial score (nSPS) is 15.2. The molecule has 129 heavy (non-hydrogen) atoms. The molecule has 0 N–H and O–H groups in total. The summed E-state index contributed by atoms with van der Waals surface area (Å²) in [5.74, 6) is 0. The van der Waals surface area contributed by atoms with Gasteiger partial charge in [-0.15, -0.1) is 0 Å². The summed E-state index contributed by atoms with van der Waals surface area (Å²) in [6, 6.07) is 65.9. The maximum Gasteiger partial charge on any atom is 0.252 e. The largest absolute Gasteiger partial charge is 0.310 e. The van der Waals surface area contributed by atoms with Crippen molar-refractivity contribution in [2.24, 2.45) is 0 Å². The minimum atomic E-state index is -0.811. The second-order valence-corrected chi connectivity index (χ2v) is 47.1. The van der Waals surface area contributed by atoms with E-state index >= 15 is 0 Å². The molecule has 0 fully saturated rings. The number of hydrogen-bond acceptors (Lipinski definition) is 2. The molecule has 0 amide bonds. The lowest BCUT2D eigenvalue weighted by atomic mass is 9.33. The van der Waals surface area contributed by atoms with Gasteiger partial charge in [0.2, 0.25) is 0 Å². The Hall–Kier alpha value is -11.7. The molecule has 0 atom stereocenters. The third-order valence-corrected chi connectivity index (χ3v) is 27.3. The maximum atomic E-state index is 10.6. The summed E-state index contributed by atoms with van der Waals surface area (Å²) in [6.07, 6.45) is 0. The molecule has 0 spiro atoms. The molecule has 4 heterocycles. The zero-order valence-electron chi connectivity index (χ0n) is 94.8. The summed E-state index contributed by atoms with van der Waals surface area (Å²) >= 11 is 0. The first-order valence-corrected chi connectivity index (χ1v) is 46.3. The summed E-state index contributed by atoms with van der Waals surface area (Å²) in [6.45, 7) is 67.1. The van der Waals surface area contributed by atoms with Gasteiger partial charge in [-0.25, -0.2) is 0 Å². The van der Waals surface area contributed by atoms with Gasteiger partial charge < -0.3 is 18.9 Å². The van der Waals surface area contributed by atoms with Crippen LogP contribution in [0.1, 0.15) is 281 Å². The highest BCUT2D eigenvalue weighted by Gasteiger charge is 2.48. The van der Waals surface area contributed by atoms with Crippen molar-refractivity contribution < 1.29 is 17.8 Å². The number of rotatable bonds is 9. The van der Waals surface area contributed by atoms with Crippen LogP contribution in [0.25, 0.3) is 111 Å². The SMILES string of the molecule is [2H]c1c([2H])c([2H])c(-c2ccc3c(c2)N(c2c(-c4ccccc4C(C)(C)C)cc(C(C)(C)C)cc2-c2ccc(C(C)(C)C)cc2C(C)(C)C)c2cc(-n4c5c([2H])c([2H])c([2H])c([2H])c5c5c([2H])c([2H])c([2H])c([2H])c54)cc4c2B3c2ccc(-n3c5ccc(C(C)(C)C)cc5c5cc(C(C)(C)C)ccc53)cc2N4c2c(-c3ccc(C(C)(C)C)cc3)cc(C(C)(C)C)cc2-c2cc(C(C)(C)C)ccc2C(C)(C)C)c([2H])c1[2H]. The van der Waals surface area contributed by atoms with Gasteiger partial charge in [-0.05, 0) is 251 Å². The Balaban J connectivity index is 1.17. The highest BCUT2D eigenvalue weighted by molar-refractivity contribution is 7.00. The quantitative estimate of drug-likeness (QED) is 0.134. The number of hydrogen-bond donors (Lipinski definition) is 0. The number of fused-ring (bicyclic) bond motifs is 10. The van der Waals surface area contributed by atoms with Crippen molar-refractivity contribution in [3.8, 4) is 67.0 Å². The third-order valence-electron chi connectivity index (χ3n) is 27.3. The van der Waals surface area contributed by atoms with Crippen LogP contribution in [0.15, 0.2) is 273 Å². The molecular weight excluding hydrogens is 1560 g/mol. The second-order valence-electron chi connectivity index (χ2n) is 47.1. The van der Waals surface area contributed by atoms with Gasteiger partial charge in [-0.3, -0.25) is 0 Å². The van der Waals surface area contributed by atoms with Gasteiger partial charge >= 0.3 is 0 Å². The van der Waals surface area contributed by atoms with Gasteiger partial charge in [0.1, 0.15) is 0 Å². The van der Waals surface area contributed by atoms with Crippen molar-refractivity contribution >= 4 is 101 Å². The summed E-state index contributed by atoms with van der Waals surface area (Å²) in [5, 5.41) is 2.01. The van der Waals surface area contributed by atoms with Crippen LogP contribution in [0.5, 0.6) is 0 Å². The zero-order valence-corrected chi connectivity index (χ0v) is 81.8. The molecule has 0 unspecified atom stereocenters. The van der Waals surface area contributed by atoms with E-state index in [1.165, 1.54) is 11.1 Å². The third kappa shape index (κ3) is 15.5. The van der Waals surface area contributed by atoms with Crippen molar-refractivity contribution in [3.05, 3.63) is 328 Å². The van der Waals surface area contributed by atoms with Gasteiger partial charge in [0.25, 0.3) is 6.71 Å². The number of aromatic nitrogens is 2.